The maximum Gasteiger partial charge on any atom is 0.180 e. The van der Waals surface area contributed by atoms with E-state index in [9.17, 15) is 0 Å². The average Bonchev–Trinajstić information content (AvgIpc) is 2.82. The number of nitrogens with zero attached hydrogens (tertiary/aromatic N) is 1. The molecular formula is C13H14ClNO3S. The number of aryl methyl sites for hydroxylation is 1. The van der Waals surface area contributed by atoms with Crippen molar-refractivity contribution in [1.29, 1.82) is 0 Å². The molecule has 0 saturated carbocycles. The van der Waals surface area contributed by atoms with E-state index in [1.807, 2.05) is 6.92 Å². The molecule has 1 aromatic heterocycles. The van der Waals surface area contributed by atoms with E-state index in [0.717, 1.165) is 9.88 Å². The number of aliphatic hydroxyl groups excluding tert-OH is 1. The molecule has 19 heavy (non-hydrogen) atoms. The molecule has 0 spiro atoms. The van der Waals surface area contributed by atoms with Gasteiger partial charge in [-0.3, -0.25) is 0 Å². The molecule has 1 heterocycles. The number of thiazole rings is 1. The molecule has 0 unspecified atom stereocenters. The van der Waals surface area contributed by atoms with Crippen LogP contribution < -0.4 is 9.47 Å². The van der Waals surface area contributed by atoms with Crippen molar-refractivity contribution in [2.24, 2.45) is 0 Å². The summed E-state index contributed by atoms with van der Waals surface area (Å²) in [7, 11) is 1.54. The number of rotatable bonds is 5. The van der Waals surface area contributed by atoms with Gasteiger partial charge in [-0.2, -0.15) is 0 Å². The first-order chi connectivity index (χ1) is 9.13. The Balaban J connectivity index is 2.19. The zero-order valence-corrected chi connectivity index (χ0v) is 12.2. The third kappa shape index (κ3) is 3.37. The molecule has 4 nitrogen and oxygen atoms in total. The molecule has 0 aliphatic heterocycles. The lowest BCUT2D eigenvalue weighted by Crippen LogP contribution is -1.98. The van der Waals surface area contributed by atoms with Crippen molar-refractivity contribution in [3.63, 3.8) is 0 Å². The van der Waals surface area contributed by atoms with Gasteiger partial charge in [0.05, 0.1) is 28.6 Å². The molecule has 0 aliphatic rings. The Bertz CT molecular complexity index is 571. The number of hydrogen-bond donors (Lipinski definition) is 1. The second-order valence-electron chi connectivity index (χ2n) is 3.90. The molecule has 0 bridgehead atoms. The molecule has 2 aromatic rings. The maximum absolute atomic E-state index is 9.12. The summed E-state index contributed by atoms with van der Waals surface area (Å²) in [6, 6.07) is 3.37. The van der Waals surface area contributed by atoms with E-state index in [1.54, 1.807) is 29.7 Å². The summed E-state index contributed by atoms with van der Waals surface area (Å²) in [6.45, 7) is 2.24. The van der Waals surface area contributed by atoms with Crippen molar-refractivity contribution in [3.05, 3.63) is 38.8 Å². The van der Waals surface area contributed by atoms with Crippen LogP contribution in [0.15, 0.2) is 18.3 Å². The van der Waals surface area contributed by atoms with Gasteiger partial charge in [-0.15, -0.1) is 11.3 Å². The van der Waals surface area contributed by atoms with Crippen molar-refractivity contribution in [1.82, 2.24) is 4.98 Å². The third-order valence-electron chi connectivity index (χ3n) is 2.50. The molecule has 102 valence electrons. The average molecular weight is 300 g/mol. The Kier molecular flexibility index (Phi) is 4.63. The first-order valence-electron chi connectivity index (χ1n) is 5.65. The number of ether oxygens (including phenoxy) is 2. The molecule has 1 aromatic carbocycles. The number of methoxy groups -OCH3 is 1. The van der Waals surface area contributed by atoms with Gasteiger partial charge >= 0.3 is 0 Å². The number of aliphatic hydroxyl groups is 1. The molecule has 2 rings (SSSR count). The molecule has 0 fully saturated rings. The highest BCUT2D eigenvalue weighted by Crippen LogP contribution is 2.37. The second-order valence-corrected chi connectivity index (χ2v) is 5.63. The molecule has 0 atom stereocenters. The Morgan fingerprint density at radius 1 is 1.42 bits per heavy atom. The summed E-state index contributed by atoms with van der Waals surface area (Å²) in [6.07, 6.45) is 1.78. The minimum absolute atomic E-state index is 0.0929. The first kappa shape index (κ1) is 14.1. The smallest absolute Gasteiger partial charge is 0.180 e. The monoisotopic (exact) mass is 299 g/mol. The van der Waals surface area contributed by atoms with Crippen LogP contribution in [-0.4, -0.2) is 17.2 Å². The van der Waals surface area contributed by atoms with Gasteiger partial charge in [0, 0.05) is 6.20 Å². The van der Waals surface area contributed by atoms with Crippen LogP contribution in [0.4, 0.5) is 0 Å². The van der Waals surface area contributed by atoms with Crippen molar-refractivity contribution >= 4 is 22.9 Å². The van der Waals surface area contributed by atoms with E-state index in [2.05, 4.69) is 4.98 Å². The Morgan fingerprint density at radius 3 is 2.79 bits per heavy atom. The lowest BCUT2D eigenvalue weighted by Gasteiger charge is -2.13. The molecule has 0 saturated heterocycles. The molecular weight excluding hydrogens is 286 g/mol. The standard InChI is InChI=1S/C13H14ClNO3S/c1-8-15-5-10(19-8)7-18-13-11(14)3-9(6-16)4-12(13)17-2/h3-5,16H,6-7H2,1-2H3. The zero-order chi connectivity index (χ0) is 13.8. The SMILES string of the molecule is COc1cc(CO)cc(Cl)c1OCc1cnc(C)s1. The van der Waals surface area contributed by atoms with Gasteiger partial charge in [-0.1, -0.05) is 11.6 Å². The van der Waals surface area contributed by atoms with Gasteiger partial charge in [-0.05, 0) is 24.6 Å². The quantitative estimate of drug-likeness (QED) is 0.921. The van der Waals surface area contributed by atoms with Gasteiger partial charge in [-0.25, -0.2) is 4.98 Å². The lowest BCUT2D eigenvalue weighted by atomic mass is 10.2. The van der Waals surface area contributed by atoms with E-state index in [-0.39, 0.29) is 6.61 Å². The van der Waals surface area contributed by atoms with Crippen LogP contribution in [0.2, 0.25) is 5.02 Å². The number of hydrogen-bond acceptors (Lipinski definition) is 5. The second kappa shape index (κ2) is 6.23. The zero-order valence-electron chi connectivity index (χ0n) is 10.6. The van der Waals surface area contributed by atoms with Crippen LogP contribution in [0.25, 0.3) is 0 Å². The van der Waals surface area contributed by atoms with Crippen LogP contribution in [0.1, 0.15) is 15.4 Å². The van der Waals surface area contributed by atoms with Gasteiger partial charge in [0.2, 0.25) is 0 Å². The Hall–Kier alpha value is -1.30. The summed E-state index contributed by atoms with van der Waals surface area (Å²) < 4.78 is 10.9. The highest BCUT2D eigenvalue weighted by atomic mass is 35.5. The summed E-state index contributed by atoms with van der Waals surface area (Å²) in [4.78, 5) is 5.18. The number of benzene rings is 1. The van der Waals surface area contributed by atoms with Crippen LogP contribution in [-0.2, 0) is 13.2 Å². The summed E-state index contributed by atoms with van der Waals surface area (Å²) in [5, 5.41) is 10.5. The minimum atomic E-state index is -0.0929. The Morgan fingerprint density at radius 2 is 2.21 bits per heavy atom. The largest absolute Gasteiger partial charge is 0.493 e. The lowest BCUT2D eigenvalue weighted by molar-refractivity contribution is 0.275. The van der Waals surface area contributed by atoms with Gasteiger partial charge in [0.1, 0.15) is 6.61 Å². The normalized spacial score (nSPS) is 10.5. The van der Waals surface area contributed by atoms with E-state index < -0.39 is 0 Å². The highest BCUT2D eigenvalue weighted by molar-refractivity contribution is 7.11. The third-order valence-corrected chi connectivity index (χ3v) is 3.67. The van der Waals surface area contributed by atoms with Crippen LogP contribution in [0, 0.1) is 6.92 Å². The number of halogens is 1. The predicted octanol–water partition coefficient (Wildman–Crippen LogP) is 3.18. The predicted molar refractivity (Wildman–Crippen MR) is 75.1 cm³/mol. The Labute approximate surface area is 120 Å². The fourth-order valence-corrected chi connectivity index (χ4v) is 2.62. The first-order valence-corrected chi connectivity index (χ1v) is 6.85. The van der Waals surface area contributed by atoms with Gasteiger partial charge in [0.25, 0.3) is 0 Å². The van der Waals surface area contributed by atoms with Crippen LogP contribution in [0.5, 0.6) is 11.5 Å². The van der Waals surface area contributed by atoms with E-state index in [4.69, 9.17) is 26.2 Å². The van der Waals surface area contributed by atoms with Crippen molar-refractivity contribution in [2.45, 2.75) is 20.1 Å². The van der Waals surface area contributed by atoms with E-state index in [1.165, 1.54) is 7.11 Å². The van der Waals surface area contributed by atoms with Gasteiger partial charge in [0.15, 0.2) is 11.5 Å². The molecule has 0 radical (unpaired) electrons. The fraction of sp³-hybridized carbons (Fsp3) is 0.308. The summed E-state index contributed by atoms with van der Waals surface area (Å²) >= 11 is 7.71. The molecule has 0 amide bonds. The molecule has 6 heteroatoms. The summed E-state index contributed by atoms with van der Waals surface area (Å²) in [5.41, 5.74) is 0.683. The van der Waals surface area contributed by atoms with Crippen molar-refractivity contribution < 1.29 is 14.6 Å². The molecule has 0 aliphatic carbocycles. The summed E-state index contributed by atoms with van der Waals surface area (Å²) in [5.74, 6) is 0.991. The molecule has 1 N–H and O–H groups in total. The van der Waals surface area contributed by atoms with E-state index in [0.29, 0.717) is 28.7 Å². The van der Waals surface area contributed by atoms with Crippen molar-refractivity contribution in [3.8, 4) is 11.5 Å². The minimum Gasteiger partial charge on any atom is -0.493 e. The highest BCUT2D eigenvalue weighted by Gasteiger charge is 2.12. The van der Waals surface area contributed by atoms with Crippen LogP contribution in [0.3, 0.4) is 0 Å². The topological polar surface area (TPSA) is 51.6 Å². The van der Waals surface area contributed by atoms with Gasteiger partial charge < -0.3 is 14.6 Å². The maximum atomic E-state index is 9.12. The number of aromatic nitrogens is 1. The van der Waals surface area contributed by atoms with Crippen molar-refractivity contribution in [2.75, 3.05) is 7.11 Å². The van der Waals surface area contributed by atoms with Crippen LogP contribution >= 0.6 is 22.9 Å². The van der Waals surface area contributed by atoms with E-state index >= 15 is 0 Å². The fourth-order valence-electron chi connectivity index (χ4n) is 1.62.